The van der Waals surface area contributed by atoms with E-state index in [1.807, 2.05) is 18.2 Å². The maximum absolute atomic E-state index is 13.0. The van der Waals surface area contributed by atoms with Crippen LogP contribution in [0.4, 0.5) is 0 Å². The van der Waals surface area contributed by atoms with E-state index in [2.05, 4.69) is 72.8 Å². The topological polar surface area (TPSA) is 26.3 Å². The van der Waals surface area contributed by atoms with Gasteiger partial charge in [-0.3, -0.25) is 0 Å². The second-order valence-electron chi connectivity index (χ2n) is 8.01. The van der Waals surface area contributed by atoms with Gasteiger partial charge in [0.05, 0.1) is 0 Å². The molecule has 1 saturated carbocycles. The van der Waals surface area contributed by atoms with Gasteiger partial charge in [0.1, 0.15) is 0 Å². The van der Waals surface area contributed by atoms with Crippen LogP contribution in [0.15, 0.2) is 91.0 Å². The molecule has 154 valence electrons. The Morgan fingerprint density at radius 2 is 1.20 bits per heavy atom. The first kappa shape index (κ1) is 19.8. The van der Waals surface area contributed by atoms with Crippen molar-refractivity contribution < 1.29 is 9.93 Å². The summed E-state index contributed by atoms with van der Waals surface area (Å²) in [6, 6.07) is 31.3. The number of carbonyl (C=O) groups is 1. The fourth-order valence-corrected chi connectivity index (χ4v) is 12.5. The molecule has 3 aromatic rings. The molecule has 0 N–H and O–H groups in total. The van der Waals surface area contributed by atoms with Crippen molar-refractivity contribution in [3.8, 4) is 0 Å². The number of Topliss-reactive ketones (excluding diaryl/α,β-unsaturated/α-hetero) is 1. The number of benzene rings is 3. The Labute approximate surface area is 184 Å². The van der Waals surface area contributed by atoms with Crippen LogP contribution in [-0.2, 0) is 8.56 Å². The molecule has 0 radical (unpaired) electrons. The molecule has 2 nitrogen and oxygen atoms in total. The minimum absolute atomic E-state index is 0.0395. The van der Waals surface area contributed by atoms with Crippen LogP contribution in [0.3, 0.4) is 0 Å². The monoisotopic (exact) mass is 461 g/mol. The predicted molar refractivity (Wildman–Crippen MR) is 126 cm³/mol. The summed E-state index contributed by atoms with van der Waals surface area (Å²) in [5, 5.41) is 0. The first-order valence-corrected chi connectivity index (χ1v) is 15.0. The zero-order chi connectivity index (χ0) is 21.6. The number of carbonyl (C=O) groups excluding carboxylic acids is 1. The van der Waals surface area contributed by atoms with Gasteiger partial charge in [-0.25, -0.2) is 0 Å². The third-order valence-corrected chi connectivity index (χ3v) is 14.5. The Kier molecular flexibility index (Phi) is 6.75. The Morgan fingerprint density at radius 3 is 1.70 bits per heavy atom. The Bertz CT molecular complexity index is 881. The molecule has 0 amide bonds. The first-order valence-electron chi connectivity index (χ1n) is 11.5. The molecule has 4 rings (SSSR count). The number of hydrogen-bond acceptors (Lipinski definition) is 2. The molecule has 1 atom stereocenters. The summed E-state index contributed by atoms with van der Waals surface area (Å²) in [7, 11) is 0. The summed E-state index contributed by atoms with van der Waals surface area (Å²) >= 11 is -3.58. The molecule has 1 fully saturated rings. The molecule has 0 spiro atoms. The summed E-state index contributed by atoms with van der Waals surface area (Å²) in [4.78, 5) is 13.0. The SMILES string of the molecule is [2H]C1(C[O][Ge]([c]2ccccc2)([c]2ccccc2)[c]2ccccc2)CCCCCCC1=O. The van der Waals surface area contributed by atoms with Gasteiger partial charge in [-0.1, -0.05) is 0 Å². The molecular formula is C27H30GeO2. The molecule has 0 bridgehead atoms. The van der Waals surface area contributed by atoms with Gasteiger partial charge in [0.25, 0.3) is 0 Å². The average Bonchev–Trinajstić information content (AvgIpc) is 2.83. The normalized spacial score (nSPS) is 20.8. The van der Waals surface area contributed by atoms with Crippen LogP contribution in [-0.4, -0.2) is 26.0 Å². The van der Waals surface area contributed by atoms with Gasteiger partial charge in [0.2, 0.25) is 0 Å². The second kappa shape index (κ2) is 10.2. The average molecular weight is 460 g/mol. The van der Waals surface area contributed by atoms with Crippen molar-refractivity contribution in [2.24, 2.45) is 5.89 Å². The van der Waals surface area contributed by atoms with Gasteiger partial charge in [-0.05, 0) is 0 Å². The van der Waals surface area contributed by atoms with Crippen molar-refractivity contribution in [1.29, 1.82) is 0 Å². The van der Waals surface area contributed by atoms with Gasteiger partial charge in [-0.2, -0.15) is 0 Å². The van der Waals surface area contributed by atoms with Crippen molar-refractivity contribution in [3.05, 3.63) is 91.0 Å². The summed E-state index contributed by atoms with van der Waals surface area (Å²) in [5.74, 6) is -1.12. The molecule has 3 heteroatoms. The Balaban J connectivity index is 1.81. The minimum atomic E-state index is -3.58. The summed E-state index contributed by atoms with van der Waals surface area (Å²) in [6.45, 7) is 0.157. The van der Waals surface area contributed by atoms with Gasteiger partial charge in [0.15, 0.2) is 0 Å². The third kappa shape index (κ3) is 4.60. The van der Waals surface area contributed by atoms with Crippen molar-refractivity contribution in [3.63, 3.8) is 0 Å². The molecule has 0 aromatic heterocycles. The Morgan fingerprint density at radius 1 is 0.733 bits per heavy atom. The number of hydrogen-bond donors (Lipinski definition) is 0. The molecule has 3 aromatic carbocycles. The second-order valence-corrected chi connectivity index (χ2v) is 15.1. The third-order valence-electron chi connectivity index (χ3n) is 6.03. The first-order chi connectivity index (χ1) is 15.2. The van der Waals surface area contributed by atoms with Crippen molar-refractivity contribution in [2.75, 3.05) is 6.61 Å². The van der Waals surface area contributed by atoms with E-state index in [0.717, 1.165) is 25.7 Å². The van der Waals surface area contributed by atoms with Gasteiger partial charge >= 0.3 is 185 Å². The predicted octanol–water partition coefficient (Wildman–Crippen LogP) is 4.21. The molecule has 1 unspecified atom stereocenters. The van der Waals surface area contributed by atoms with E-state index < -0.39 is 19.5 Å². The van der Waals surface area contributed by atoms with E-state index in [4.69, 9.17) is 5.13 Å². The standard InChI is InChI=1S/C27H30GeO2/c29-27-21-13-2-1-6-14-23(27)22-30-28(24-15-7-3-8-16-24,25-17-9-4-10-18-25)26-19-11-5-12-20-26/h3-5,7-12,15-20,23H,1-2,6,13-14,21-22H2/i23D. The van der Waals surface area contributed by atoms with Gasteiger partial charge in [0, 0.05) is 0 Å². The van der Waals surface area contributed by atoms with Crippen LogP contribution in [0.5, 0.6) is 0 Å². The number of ketones is 1. The van der Waals surface area contributed by atoms with E-state index in [-0.39, 0.29) is 12.4 Å². The molecule has 30 heavy (non-hydrogen) atoms. The summed E-state index contributed by atoms with van der Waals surface area (Å²) in [5.41, 5.74) is 0. The fraction of sp³-hybridized carbons (Fsp3) is 0.296. The van der Waals surface area contributed by atoms with Crippen molar-refractivity contribution in [1.82, 2.24) is 0 Å². The van der Waals surface area contributed by atoms with Crippen LogP contribution >= 0.6 is 0 Å². The number of rotatable bonds is 6. The van der Waals surface area contributed by atoms with E-state index in [1.54, 1.807) is 0 Å². The van der Waals surface area contributed by atoms with E-state index in [1.165, 1.54) is 13.2 Å². The van der Waals surface area contributed by atoms with E-state index in [0.29, 0.717) is 12.8 Å². The molecular weight excluding hydrogens is 429 g/mol. The molecule has 1 aliphatic rings. The summed E-state index contributed by atoms with van der Waals surface area (Å²) < 4.78 is 19.6. The quantitative estimate of drug-likeness (QED) is 0.516. The van der Waals surface area contributed by atoms with Crippen molar-refractivity contribution in [2.45, 2.75) is 38.5 Å². The molecule has 0 heterocycles. The van der Waals surface area contributed by atoms with Crippen LogP contribution in [0.2, 0.25) is 0 Å². The molecule has 0 aliphatic heterocycles. The van der Waals surface area contributed by atoms with Crippen molar-refractivity contribution >= 4 is 32.6 Å². The fourth-order valence-electron chi connectivity index (χ4n) is 4.41. The van der Waals surface area contributed by atoms with Crippen LogP contribution in [0, 0.1) is 5.89 Å². The Hall–Kier alpha value is -2.17. The van der Waals surface area contributed by atoms with E-state index >= 15 is 0 Å². The zero-order valence-electron chi connectivity index (χ0n) is 18.4. The van der Waals surface area contributed by atoms with Gasteiger partial charge < -0.3 is 0 Å². The van der Waals surface area contributed by atoms with Crippen LogP contribution < -0.4 is 13.2 Å². The van der Waals surface area contributed by atoms with Crippen LogP contribution in [0.25, 0.3) is 0 Å². The molecule has 1 aliphatic carbocycles. The molecule has 0 saturated heterocycles. The summed E-state index contributed by atoms with van der Waals surface area (Å²) in [6.07, 6.45) is 5.07. The maximum atomic E-state index is 13.0. The van der Waals surface area contributed by atoms with Crippen LogP contribution in [0.1, 0.15) is 39.9 Å². The van der Waals surface area contributed by atoms with Gasteiger partial charge in [-0.15, -0.1) is 0 Å². The zero-order valence-corrected chi connectivity index (χ0v) is 19.5. The van der Waals surface area contributed by atoms with E-state index in [9.17, 15) is 4.79 Å².